The smallest absolute Gasteiger partial charge is 0.264 e. The van der Waals surface area contributed by atoms with Gasteiger partial charge in [0, 0.05) is 19.5 Å². The van der Waals surface area contributed by atoms with Gasteiger partial charge in [-0.3, -0.25) is 13.9 Å². The Kier molecular flexibility index (Phi) is 11.1. The number of aryl methyl sites for hydroxylation is 2. The Morgan fingerprint density at radius 1 is 0.795 bits per heavy atom. The Bertz CT molecular complexity index is 1700. The summed E-state index contributed by atoms with van der Waals surface area (Å²) in [7, 11) is -4.24. The van der Waals surface area contributed by atoms with Crippen molar-refractivity contribution in [3.8, 4) is 0 Å². The van der Waals surface area contributed by atoms with Crippen LogP contribution >= 0.6 is 23.2 Å². The minimum absolute atomic E-state index is 0.0108. The molecule has 1 N–H and O–H groups in total. The average Bonchev–Trinajstić information content (AvgIpc) is 3.00. The summed E-state index contributed by atoms with van der Waals surface area (Å²) in [5, 5.41) is 3.24. The van der Waals surface area contributed by atoms with Crippen molar-refractivity contribution in [1.82, 2.24) is 10.2 Å². The van der Waals surface area contributed by atoms with Crippen LogP contribution in [0.1, 0.15) is 29.2 Å². The lowest BCUT2D eigenvalue weighted by atomic mass is 10.0. The van der Waals surface area contributed by atoms with Gasteiger partial charge in [0.2, 0.25) is 11.8 Å². The first-order chi connectivity index (χ1) is 21.0. The third kappa shape index (κ3) is 8.20. The third-order valence-corrected chi connectivity index (χ3v) is 9.70. The number of likely N-dealkylation sites (N-methyl/N-ethyl adjacent to an activating group) is 1. The van der Waals surface area contributed by atoms with Crippen molar-refractivity contribution in [2.24, 2.45) is 0 Å². The predicted octanol–water partition coefficient (Wildman–Crippen LogP) is 6.58. The van der Waals surface area contributed by atoms with Crippen LogP contribution in [0.2, 0.25) is 10.0 Å². The zero-order valence-electron chi connectivity index (χ0n) is 24.8. The highest BCUT2D eigenvalue weighted by molar-refractivity contribution is 7.92. The summed E-state index contributed by atoms with van der Waals surface area (Å²) in [6.45, 7) is 5.51. The highest BCUT2D eigenvalue weighted by atomic mass is 35.5. The Morgan fingerprint density at radius 2 is 1.41 bits per heavy atom. The summed E-state index contributed by atoms with van der Waals surface area (Å²) in [5.41, 5.74) is 3.76. The number of hydrogen-bond donors (Lipinski definition) is 1. The van der Waals surface area contributed by atoms with E-state index in [0.29, 0.717) is 6.54 Å². The highest BCUT2D eigenvalue weighted by Crippen LogP contribution is 2.31. The molecule has 0 fully saturated rings. The molecular formula is C34H35Cl2N3O4S. The van der Waals surface area contributed by atoms with Crippen molar-refractivity contribution in [3.63, 3.8) is 0 Å². The quantitative estimate of drug-likeness (QED) is 0.187. The molecule has 4 rings (SSSR count). The summed E-state index contributed by atoms with van der Waals surface area (Å²) in [4.78, 5) is 29.4. The second-order valence-corrected chi connectivity index (χ2v) is 13.2. The number of carbonyl (C=O) groups excluding carboxylic acids is 2. The molecule has 7 nitrogen and oxygen atoms in total. The van der Waals surface area contributed by atoms with Crippen LogP contribution < -0.4 is 9.62 Å². The van der Waals surface area contributed by atoms with E-state index in [4.69, 9.17) is 23.2 Å². The van der Waals surface area contributed by atoms with Gasteiger partial charge in [-0.25, -0.2) is 8.42 Å². The maximum absolute atomic E-state index is 14.4. The van der Waals surface area contributed by atoms with Crippen molar-refractivity contribution >= 4 is 50.7 Å². The van der Waals surface area contributed by atoms with E-state index in [0.717, 1.165) is 26.6 Å². The molecule has 2 amide bonds. The number of halogens is 2. The predicted molar refractivity (Wildman–Crippen MR) is 177 cm³/mol. The molecule has 0 bridgehead atoms. The molecule has 0 saturated heterocycles. The van der Waals surface area contributed by atoms with Gasteiger partial charge in [0.05, 0.1) is 20.6 Å². The maximum Gasteiger partial charge on any atom is 0.264 e. The second kappa shape index (κ2) is 14.8. The SMILES string of the molecule is CCNC(=O)C(Cc1ccccc1)N(Cc1ccc(C)cc1)C(=O)CN(c1ccc(Cl)c(Cl)c1)S(=O)(=O)c1ccc(C)cc1. The number of rotatable bonds is 12. The molecule has 0 radical (unpaired) electrons. The first-order valence-electron chi connectivity index (χ1n) is 14.2. The van der Waals surface area contributed by atoms with Gasteiger partial charge >= 0.3 is 0 Å². The lowest BCUT2D eigenvalue weighted by Crippen LogP contribution is -2.53. The van der Waals surface area contributed by atoms with Crippen LogP contribution in [-0.4, -0.2) is 44.3 Å². The number of amides is 2. The fourth-order valence-corrected chi connectivity index (χ4v) is 6.44. The van der Waals surface area contributed by atoms with E-state index in [1.54, 1.807) is 12.1 Å². The monoisotopic (exact) mass is 651 g/mol. The minimum atomic E-state index is -4.24. The highest BCUT2D eigenvalue weighted by Gasteiger charge is 2.34. The topological polar surface area (TPSA) is 86.8 Å². The molecule has 44 heavy (non-hydrogen) atoms. The molecule has 0 saturated carbocycles. The van der Waals surface area contributed by atoms with E-state index < -0.39 is 28.5 Å². The Labute approximate surface area is 269 Å². The Morgan fingerprint density at radius 3 is 2.00 bits per heavy atom. The largest absolute Gasteiger partial charge is 0.355 e. The fraction of sp³-hybridized carbons (Fsp3) is 0.235. The zero-order valence-corrected chi connectivity index (χ0v) is 27.2. The molecule has 1 unspecified atom stereocenters. The number of hydrogen-bond acceptors (Lipinski definition) is 4. The summed E-state index contributed by atoms with van der Waals surface area (Å²) >= 11 is 12.5. The van der Waals surface area contributed by atoms with Crippen LogP contribution in [0.25, 0.3) is 0 Å². The lowest BCUT2D eigenvalue weighted by molar-refractivity contribution is -0.140. The Hall–Kier alpha value is -3.85. The number of carbonyl (C=O) groups is 2. The molecular weight excluding hydrogens is 617 g/mol. The van der Waals surface area contributed by atoms with Gasteiger partial charge in [-0.15, -0.1) is 0 Å². The number of nitrogens with zero attached hydrogens (tertiary/aromatic N) is 2. The summed E-state index contributed by atoms with van der Waals surface area (Å²) in [6.07, 6.45) is 0.238. The third-order valence-electron chi connectivity index (χ3n) is 7.17. The van der Waals surface area contributed by atoms with Gasteiger partial charge in [-0.05, 0) is 62.2 Å². The van der Waals surface area contributed by atoms with Crippen molar-refractivity contribution in [1.29, 1.82) is 0 Å². The average molecular weight is 653 g/mol. The molecule has 0 aliphatic carbocycles. The first kappa shape index (κ1) is 33.1. The van der Waals surface area contributed by atoms with Crippen LogP contribution in [0, 0.1) is 13.8 Å². The molecule has 0 aromatic heterocycles. The van der Waals surface area contributed by atoms with Gasteiger partial charge in [-0.1, -0.05) is 101 Å². The van der Waals surface area contributed by atoms with Crippen LogP contribution in [0.15, 0.2) is 102 Å². The summed E-state index contributed by atoms with van der Waals surface area (Å²) in [5.74, 6) is -0.890. The first-order valence-corrected chi connectivity index (χ1v) is 16.4. The van der Waals surface area contributed by atoms with E-state index >= 15 is 0 Å². The zero-order chi connectivity index (χ0) is 31.9. The van der Waals surface area contributed by atoms with Crippen molar-refractivity contribution < 1.29 is 18.0 Å². The molecule has 1 atom stereocenters. The van der Waals surface area contributed by atoms with Gasteiger partial charge in [0.25, 0.3) is 10.0 Å². The van der Waals surface area contributed by atoms with E-state index in [1.165, 1.54) is 35.2 Å². The van der Waals surface area contributed by atoms with Gasteiger partial charge < -0.3 is 10.2 Å². The molecule has 10 heteroatoms. The van der Waals surface area contributed by atoms with Crippen molar-refractivity contribution in [2.45, 2.75) is 44.7 Å². The molecule has 4 aromatic rings. The molecule has 4 aromatic carbocycles. The molecule has 230 valence electrons. The van der Waals surface area contributed by atoms with E-state index in [-0.39, 0.29) is 39.5 Å². The van der Waals surface area contributed by atoms with Gasteiger partial charge in [0.15, 0.2) is 0 Å². The number of nitrogens with one attached hydrogen (secondary N) is 1. The van der Waals surface area contributed by atoms with Crippen molar-refractivity contribution in [2.75, 3.05) is 17.4 Å². The molecule has 0 aliphatic rings. The minimum Gasteiger partial charge on any atom is -0.355 e. The number of anilines is 1. The summed E-state index contributed by atoms with van der Waals surface area (Å²) in [6, 6.07) is 26.9. The lowest BCUT2D eigenvalue weighted by Gasteiger charge is -2.34. The molecule has 0 heterocycles. The number of benzene rings is 4. The van der Waals surface area contributed by atoms with Crippen LogP contribution in [-0.2, 0) is 32.6 Å². The van der Waals surface area contributed by atoms with Crippen LogP contribution in [0.4, 0.5) is 5.69 Å². The molecule has 0 aliphatic heterocycles. The van der Waals surface area contributed by atoms with Crippen LogP contribution in [0.5, 0.6) is 0 Å². The normalized spacial score (nSPS) is 11.9. The second-order valence-electron chi connectivity index (χ2n) is 10.5. The van der Waals surface area contributed by atoms with E-state index in [1.807, 2.05) is 75.4 Å². The fourth-order valence-electron chi connectivity index (χ4n) is 4.74. The standard InChI is InChI=1S/C34H35Cl2N3O4S/c1-4-37-34(41)32(20-26-8-6-5-7-9-26)38(22-27-14-10-24(2)11-15-27)33(40)23-39(28-16-19-30(35)31(36)21-28)44(42,43)29-17-12-25(3)13-18-29/h5-19,21,32H,4,20,22-23H2,1-3H3,(H,37,41). The molecule has 0 spiro atoms. The maximum atomic E-state index is 14.4. The Balaban J connectivity index is 1.81. The van der Waals surface area contributed by atoms with Gasteiger partial charge in [0.1, 0.15) is 12.6 Å². The summed E-state index contributed by atoms with van der Waals surface area (Å²) < 4.78 is 29.2. The van der Waals surface area contributed by atoms with Crippen molar-refractivity contribution in [3.05, 3.63) is 129 Å². The number of sulfonamides is 1. The van der Waals surface area contributed by atoms with E-state index in [2.05, 4.69) is 5.32 Å². The van der Waals surface area contributed by atoms with E-state index in [9.17, 15) is 18.0 Å². The van der Waals surface area contributed by atoms with Crippen LogP contribution in [0.3, 0.4) is 0 Å². The van der Waals surface area contributed by atoms with Gasteiger partial charge in [-0.2, -0.15) is 0 Å².